The van der Waals surface area contributed by atoms with Crippen molar-refractivity contribution >= 4 is 6.03 Å². The highest BCUT2D eigenvalue weighted by molar-refractivity contribution is 5.74. The van der Waals surface area contributed by atoms with E-state index in [4.69, 9.17) is 0 Å². The van der Waals surface area contributed by atoms with Gasteiger partial charge < -0.3 is 10.2 Å². The van der Waals surface area contributed by atoms with Crippen LogP contribution in [0.1, 0.15) is 43.2 Å². The molecule has 2 amide bonds. The third kappa shape index (κ3) is 2.82. The molecule has 1 aliphatic carbocycles. The van der Waals surface area contributed by atoms with Gasteiger partial charge in [-0.25, -0.2) is 4.79 Å². The van der Waals surface area contributed by atoms with Crippen molar-refractivity contribution in [3.63, 3.8) is 0 Å². The number of aryl methyl sites for hydroxylation is 1. The molecule has 3 heteroatoms. The Kier molecular flexibility index (Phi) is 3.68. The number of hydrogen-bond donors (Lipinski definition) is 1. The van der Waals surface area contributed by atoms with Gasteiger partial charge in [-0.15, -0.1) is 0 Å². The van der Waals surface area contributed by atoms with E-state index in [1.165, 1.54) is 30.4 Å². The molecule has 20 heavy (non-hydrogen) atoms. The predicted molar refractivity (Wildman–Crippen MR) is 80.9 cm³/mol. The highest BCUT2D eigenvalue weighted by Crippen LogP contribution is 2.47. The number of carbonyl (C=O) groups is 1. The number of rotatable bonds is 3. The lowest BCUT2D eigenvalue weighted by atomic mass is 9.95. The summed E-state index contributed by atoms with van der Waals surface area (Å²) in [6, 6.07) is 8.90. The highest BCUT2D eigenvalue weighted by atomic mass is 16.2. The summed E-state index contributed by atoms with van der Waals surface area (Å²) in [4.78, 5) is 14.1. The van der Waals surface area contributed by atoms with Gasteiger partial charge in [0, 0.05) is 25.0 Å². The fourth-order valence-corrected chi connectivity index (χ4v) is 3.08. The standard InChI is InChI=1S/C17H24N2O/c1-14-5-7-15(8-6-14)17(9-10-17)13-18-16(20)19-11-3-2-4-12-19/h5-8H,2-4,9-13H2,1H3,(H,18,20). The first-order chi connectivity index (χ1) is 9.70. The third-order valence-electron chi connectivity index (χ3n) is 4.74. The quantitative estimate of drug-likeness (QED) is 0.900. The van der Waals surface area contributed by atoms with Crippen LogP contribution in [0.15, 0.2) is 24.3 Å². The Hall–Kier alpha value is -1.51. The van der Waals surface area contributed by atoms with Gasteiger partial charge in [-0.3, -0.25) is 0 Å². The summed E-state index contributed by atoms with van der Waals surface area (Å²) in [5, 5.41) is 3.16. The molecule has 1 heterocycles. The van der Waals surface area contributed by atoms with Crippen LogP contribution in [0.4, 0.5) is 4.79 Å². The van der Waals surface area contributed by atoms with E-state index < -0.39 is 0 Å². The van der Waals surface area contributed by atoms with Gasteiger partial charge in [0.2, 0.25) is 0 Å². The topological polar surface area (TPSA) is 32.3 Å². The molecule has 0 unspecified atom stereocenters. The number of nitrogens with zero attached hydrogens (tertiary/aromatic N) is 1. The van der Waals surface area contributed by atoms with Gasteiger partial charge >= 0.3 is 6.03 Å². The fraction of sp³-hybridized carbons (Fsp3) is 0.588. The number of likely N-dealkylation sites (tertiary alicyclic amines) is 1. The van der Waals surface area contributed by atoms with Crippen LogP contribution < -0.4 is 5.32 Å². The third-order valence-corrected chi connectivity index (χ3v) is 4.74. The zero-order valence-electron chi connectivity index (χ0n) is 12.3. The highest BCUT2D eigenvalue weighted by Gasteiger charge is 2.44. The second-order valence-corrected chi connectivity index (χ2v) is 6.35. The maximum Gasteiger partial charge on any atom is 0.317 e. The molecule has 1 aliphatic heterocycles. The van der Waals surface area contributed by atoms with Crippen molar-refractivity contribution in [3.05, 3.63) is 35.4 Å². The molecular weight excluding hydrogens is 248 g/mol. The van der Waals surface area contributed by atoms with E-state index in [-0.39, 0.29) is 11.4 Å². The summed E-state index contributed by atoms with van der Waals surface area (Å²) in [5.74, 6) is 0. The number of piperidine rings is 1. The maximum absolute atomic E-state index is 12.2. The number of benzene rings is 1. The fourth-order valence-electron chi connectivity index (χ4n) is 3.08. The molecule has 1 saturated heterocycles. The molecule has 0 aromatic heterocycles. The number of carbonyl (C=O) groups excluding carboxylic acids is 1. The van der Waals surface area contributed by atoms with Crippen LogP contribution >= 0.6 is 0 Å². The minimum Gasteiger partial charge on any atom is -0.337 e. The van der Waals surface area contributed by atoms with E-state index in [2.05, 4.69) is 36.5 Å². The van der Waals surface area contributed by atoms with Crippen LogP contribution in [0.25, 0.3) is 0 Å². The minimum atomic E-state index is 0.128. The Morgan fingerprint density at radius 1 is 1.15 bits per heavy atom. The van der Waals surface area contributed by atoms with Crippen molar-refractivity contribution in [1.29, 1.82) is 0 Å². The molecule has 2 fully saturated rings. The maximum atomic E-state index is 12.2. The zero-order valence-corrected chi connectivity index (χ0v) is 12.3. The molecule has 1 aromatic rings. The Morgan fingerprint density at radius 3 is 2.40 bits per heavy atom. The Bertz CT molecular complexity index is 470. The molecule has 0 bridgehead atoms. The van der Waals surface area contributed by atoms with Crippen LogP contribution in [0.3, 0.4) is 0 Å². The molecule has 1 saturated carbocycles. The Labute approximate surface area is 121 Å². The van der Waals surface area contributed by atoms with Crippen LogP contribution in [0, 0.1) is 6.92 Å². The molecular formula is C17H24N2O. The van der Waals surface area contributed by atoms with Crippen molar-refractivity contribution < 1.29 is 4.79 Å². The minimum absolute atomic E-state index is 0.128. The van der Waals surface area contributed by atoms with Gasteiger partial charge in [0.15, 0.2) is 0 Å². The Morgan fingerprint density at radius 2 is 1.80 bits per heavy atom. The average Bonchev–Trinajstić information content (AvgIpc) is 3.27. The molecule has 3 nitrogen and oxygen atoms in total. The first kappa shape index (κ1) is 13.5. The van der Waals surface area contributed by atoms with Gasteiger partial charge in [0.1, 0.15) is 0 Å². The van der Waals surface area contributed by atoms with E-state index in [1.807, 2.05) is 4.90 Å². The molecule has 0 atom stereocenters. The largest absolute Gasteiger partial charge is 0.337 e. The number of urea groups is 1. The van der Waals surface area contributed by atoms with E-state index in [1.54, 1.807) is 0 Å². The van der Waals surface area contributed by atoms with Gasteiger partial charge in [0.05, 0.1) is 0 Å². The van der Waals surface area contributed by atoms with E-state index in [9.17, 15) is 4.79 Å². The van der Waals surface area contributed by atoms with Gasteiger partial charge in [0.25, 0.3) is 0 Å². The number of nitrogens with one attached hydrogen (secondary N) is 1. The van der Waals surface area contributed by atoms with E-state index in [0.29, 0.717) is 0 Å². The summed E-state index contributed by atoms with van der Waals surface area (Å²) in [6.07, 6.45) is 5.94. The molecule has 1 N–H and O–H groups in total. The van der Waals surface area contributed by atoms with Crippen molar-refractivity contribution in [2.45, 2.75) is 44.4 Å². The second kappa shape index (κ2) is 5.47. The van der Waals surface area contributed by atoms with E-state index >= 15 is 0 Å². The summed E-state index contributed by atoms with van der Waals surface area (Å²) in [5.41, 5.74) is 2.88. The van der Waals surface area contributed by atoms with Gasteiger partial charge in [-0.2, -0.15) is 0 Å². The molecule has 1 aromatic carbocycles. The summed E-state index contributed by atoms with van der Waals surface area (Å²) >= 11 is 0. The molecule has 0 spiro atoms. The van der Waals surface area contributed by atoms with Gasteiger partial charge in [-0.1, -0.05) is 29.8 Å². The van der Waals surface area contributed by atoms with Crippen molar-refractivity contribution in [1.82, 2.24) is 10.2 Å². The molecule has 0 radical (unpaired) electrons. The number of hydrogen-bond acceptors (Lipinski definition) is 1. The monoisotopic (exact) mass is 272 g/mol. The summed E-state index contributed by atoms with van der Waals surface area (Å²) in [7, 11) is 0. The summed E-state index contributed by atoms with van der Waals surface area (Å²) < 4.78 is 0. The SMILES string of the molecule is Cc1ccc(C2(CNC(=O)N3CCCCC3)CC2)cc1. The predicted octanol–water partition coefficient (Wildman–Crippen LogP) is 3.22. The molecule has 108 valence electrons. The van der Waals surface area contributed by atoms with Gasteiger partial charge in [-0.05, 0) is 44.6 Å². The van der Waals surface area contributed by atoms with Crippen LogP contribution in [0.2, 0.25) is 0 Å². The van der Waals surface area contributed by atoms with Crippen molar-refractivity contribution in [2.75, 3.05) is 19.6 Å². The summed E-state index contributed by atoms with van der Waals surface area (Å²) in [6.45, 7) is 4.74. The lowest BCUT2D eigenvalue weighted by Crippen LogP contribution is -2.45. The van der Waals surface area contributed by atoms with Crippen molar-refractivity contribution in [2.24, 2.45) is 0 Å². The zero-order chi connectivity index (χ0) is 14.0. The normalized spacial score (nSPS) is 20.6. The van der Waals surface area contributed by atoms with Crippen molar-refractivity contribution in [3.8, 4) is 0 Å². The first-order valence-electron chi connectivity index (χ1n) is 7.80. The lowest BCUT2D eigenvalue weighted by molar-refractivity contribution is 0.185. The van der Waals surface area contributed by atoms with E-state index in [0.717, 1.165) is 32.5 Å². The average molecular weight is 272 g/mol. The molecule has 2 aliphatic rings. The Balaban J connectivity index is 1.57. The lowest BCUT2D eigenvalue weighted by Gasteiger charge is -2.28. The number of amides is 2. The van der Waals surface area contributed by atoms with Crippen LogP contribution in [0.5, 0.6) is 0 Å². The smallest absolute Gasteiger partial charge is 0.317 e. The van der Waals surface area contributed by atoms with Crippen LogP contribution in [-0.4, -0.2) is 30.6 Å². The molecule has 3 rings (SSSR count). The first-order valence-corrected chi connectivity index (χ1v) is 7.80. The second-order valence-electron chi connectivity index (χ2n) is 6.35. The van der Waals surface area contributed by atoms with Crippen LogP contribution in [-0.2, 0) is 5.41 Å².